The van der Waals surface area contributed by atoms with Gasteiger partial charge in [-0.1, -0.05) is 0 Å². The van der Waals surface area contributed by atoms with E-state index >= 15 is 0 Å². The molecule has 8 heteroatoms. The van der Waals surface area contributed by atoms with Crippen LogP contribution in [0.1, 0.15) is 20.3 Å². The maximum absolute atomic E-state index is 11.8. The highest BCUT2D eigenvalue weighted by atomic mass is 32.2. The van der Waals surface area contributed by atoms with E-state index in [1.807, 2.05) is 6.26 Å². The third-order valence-electron chi connectivity index (χ3n) is 2.69. The molecule has 0 aliphatic carbocycles. The number of sulfone groups is 1. The number of carbonyl (C=O) groups is 2. The predicted octanol–water partition coefficient (Wildman–Crippen LogP) is 0.132. The van der Waals surface area contributed by atoms with Crippen molar-refractivity contribution in [1.82, 2.24) is 5.32 Å². The second-order valence-electron chi connectivity index (χ2n) is 4.43. The molecular weight excluding hydrogens is 278 g/mol. The van der Waals surface area contributed by atoms with E-state index in [1.165, 1.54) is 25.6 Å². The van der Waals surface area contributed by atoms with Gasteiger partial charge >= 0.3 is 5.97 Å². The Kier molecular flexibility index (Phi) is 6.15. The standard InChI is InChI=1S/C10H19NO5S2/c1-10(2,18(4,15)16)9(14)11-7(8(12)13)5-6-17-3/h7H,5-6H2,1-4H3,(H,11,14)(H,12,13)/t7-/m0/s1. The number of carboxylic acids is 1. The van der Waals surface area contributed by atoms with Gasteiger partial charge in [-0.15, -0.1) is 0 Å². The van der Waals surface area contributed by atoms with E-state index in [0.717, 1.165) is 6.26 Å². The lowest BCUT2D eigenvalue weighted by molar-refractivity contribution is -0.142. The summed E-state index contributed by atoms with van der Waals surface area (Å²) in [5, 5.41) is 11.2. The quantitative estimate of drug-likeness (QED) is 0.693. The van der Waals surface area contributed by atoms with Crippen LogP contribution in [0.5, 0.6) is 0 Å². The van der Waals surface area contributed by atoms with Crippen molar-refractivity contribution in [1.29, 1.82) is 0 Å². The molecular formula is C10H19NO5S2. The van der Waals surface area contributed by atoms with E-state index in [-0.39, 0.29) is 6.42 Å². The van der Waals surface area contributed by atoms with Crippen LogP contribution >= 0.6 is 11.8 Å². The monoisotopic (exact) mass is 297 g/mol. The zero-order valence-electron chi connectivity index (χ0n) is 10.9. The van der Waals surface area contributed by atoms with Crippen molar-refractivity contribution >= 4 is 33.5 Å². The molecule has 2 N–H and O–H groups in total. The molecule has 0 saturated carbocycles. The van der Waals surface area contributed by atoms with Crippen molar-refractivity contribution in [3.63, 3.8) is 0 Å². The zero-order chi connectivity index (χ0) is 14.6. The van der Waals surface area contributed by atoms with Gasteiger partial charge in [-0.25, -0.2) is 13.2 Å². The van der Waals surface area contributed by atoms with Crippen molar-refractivity contribution < 1.29 is 23.1 Å². The van der Waals surface area contributed by atoms with Gasteiger partial charge in [-0.2, -0.15) is 11.8 Å². The minimum atomic E-state index is -3.60. The predicted molar refractivity (Wildman–Crippen MR) is 71.5 cm³/mol. The highest BCUT2D eigenvalue weighted by Gasteiger charge is 2.40. The lowest BCUT2D eigenvalue weighted by Crippen LogP contribution is -2.52. The van der Waals surface area contributed by atoms with Gasteiger partial charge in [0.05, 0.1) is 0 Å². The summed E-state index contributed by atoms with van der Waals surface area (Å²) in [6.07, 6.45) is 3.02. The first-order chi connectivity index (χ1) is 8.04. The molecule has 0 aromatic carbocycles. The fraction of sp³-hybridized carbons (Fsp3) is 0.800. The molecule has 0 aliphatic heterocycles. The van der Waals surface area contributed by atoms with Crippen LogP contribution in [0.25, 0.3) is 0 Å². The van der Waals surface area contributed by atoms with Crippen LogP contribution in [0.4, 0.5) is 0 Å². The molecule has 0 aliphatic rings. The molecule has 0 aromatic rings. The molecule has 106 valence electrons. The normalized spacial score (nSPS) is 14.0. The SMILES string of the molecule is CSCC[C@H](NC(=O)C(C)(C)S(C)(=O)=O)C(=O)O. The molecule has 0 heterocycles. The Morgan fingerprint density at radius 2 is 1.89 bits per heavy atom. The van der Waals surface area contributed by atoms with Gasteiger partial charge in [0.2, 0.25) is 5.91 Å². The van der Waals surface area contributed by atoms with E-state index in [1.54, 1.807) is 0 Å². The van der Waals surface area contributed by atoms with Crippen LogP contribution in [0.3, 0.4) is 0 Å². The minimum absolute atomic E-state index is 0.252. The Hall–Kier alpha value is -0.760. The Labute approximate surface area is 111 Å². The van der Waals surface area contributed by atoms with Crippen molar-refractivity contribution in [2.75, 3.05) is 18.3 Å². The Morgan fingerprint density at radius 3 is 2.22 bits per heavy atom. The highest BCUT2D eigenvalue weighted by molar-refractivity contribution is 7.98. The van der Waals surface area contributed by atoms with Crippen LogP contribution < -0.4 is 5.32 Å². The molecule has 6 nitrogen and oxygen atoms in total. The Morgan fingerprint density at radius 1 is 1.39 bits per heavy atom. The number of carboxylic acid groups (broad SMARTS) is 1. The summed E-state index contributed by atoms with van der Waals surface area (Å²) >= 11 is 1.45. The number of rotatable bonds is 7. The Bertz CT molecular complexity index is 416. The van der Waals surface area contributed by atoms with Gasteiger partial charge in [0.25, 0.3) is 0 Å². The average molecular weight is 297 g/mol. The molecule has 0 spiro atoms. The number of nitrogens with one attached hydrogen (secondary N) is 1. The van der Waals surface area contributed by atoms with Gasteiger partial charge in [-0.3, -0.25) is 4.79 Å². The summed E-state index contributed by atoms with van der Waals surface area (Å²) in [6, 6.07) is -1.06. The molecule has 0 fully saturated rings. The van der Waals surface area contributed by atoms with Gasteiger partial charge in [-0.05, 0) is 32.3 Å². The molecule has 18 heavy (non-hydrogen) atoms. The molecule has 0 aromatic heterocycles. The van der Waals surface area contributed by atoms with E-state index in [0.29, 0.717) is 5.75 Å². The number of aliphatic carboxylic acids is 1. The third-order valence-corrected chi connectivity index (χ3v) is 5.37. The van der Waals surface area contributed by atoms with Crippen LogP contribution in [0.15, 0.2) is 0 Å². The minimum Gasteiger partial charge on any atom is -0.480 e. The summed E-state index contributed by atoms with van der Waals surface area (Å²) < 4.78 is 21.3. The topological polar surface area (TPSA) is 101 Å². The van der Waals surface area contributed by atoms with Gasteiger partial charge < -0.3 is 10.4 Å². The second kappa shape index (κ2) is 6.42. The van der Waals surface area contributed by atoms with E-state index in [2.05, 4.69) is 5.32 Å². The molecule has 1 atom stereocenters. The first-order valence-corrected chi connectivity index (χ1v) is 8.55. The summed E-state index contributed by atoms with van der Waals surface area (Å²) in [5.41, 5.74) is 0. The molecule has 0 saturated heterocycles. The molecule has 0 bridgehead atoms. The Balaban J connectivity index is 4.86. The third kappa shape index (κ3) is 4.49. The average Bonchev–Trinajstić information content (AvgIpc) is 2.21. The van der Waals surface area contributed by atoms with Gasteiger partial charge in [0.1, 0.15) is 10.8 Å². The largest absolute Gasteiger partial charge is 0.480 e. The van der Waals surface area contributed by atoms with Crippen LogP contribution in [0, 0.1) is 0 Å². The lowest BCUT2D eigenvalue weighted by Gasteiger charge is -2.24. The number of carbonyl (C=O) groups excluding carboxylic acids is 1. The van der Waals surface area contributed by atoms with Crippen molar-refractivity contribution in [2.45, 2.75) is 31.1 Å². The van der Waals surface area contributed by atoms with E-state index < -0.39 is 32.5 Å². The fourth-order valence-electron chi connectivity index (χ4n) is 0.994. The number of hydrogen-bond donors (Lipinski definition) is 2. The summed E-state index contributed by atoms with van der Waals surface area (Å²) in [6.45, 7) is 2.51. The second-order valence-corrected chi connectivity index (χ2v) is 7.98. The van der Waals surface area contributed by atoms with Gasteiger partial charge in [0, 0.05) is 6.26 Å². The zero-order valence-corrected chi connectivity index (χ0v) is 12.5. The molecule has 0 radical (unpaired) electrons. The summed E-state index contributed by atoms with van der Waals surface area (Å²) in [5.74, 6) is -1.39. The van der Waals surface area contributed by atoms with Crippen LogP contribution in [0.2, 0.25) is 0 Å². The van der Waals surface area contributed by atoms with E-state index in [9.17, 15) is 18.0 Å². The molecule has 1 amide bonds. The van der Waals surface area contributed by atoms with Crippen LogP contribution in [-0.2, 0) is 19.4 Å². The highest BCUT2D eigenvalue weighted by Crippen LogP contribution is 2.16. The number of hydrogen-bond acceptors (Lipinski definition) is 5. The van der Waals surface area contributed by atoms with Crippen molar-refractivity contribution in [3.05, 3.63) is 0 Å². The fourth-order valence-corrected chi connectivity index (χ4v) is 1.86. The first-order valence-electron chi connectivity index (χ1n) is 5.26. The molecule has 0 unspecified atom stereocenters. The number of amides is 1. The number of thioether (sulfide) groups is 1. The summed E-state index contributed by atoms with van der Waals surface area (Å²) in [4.78, 5) is 22.8. The maximum atomic E-state index is 11.8. The first kappa shape index (κ1) is 17.2. The van der Waals surface area contributed by atoms with E-state index in [4.69, 9.17) is 5.11 Å². The van der Waals surface area contributed by atoms with Crippen molar-refractivity contribution in [2.24, 2.45) is 0 Å². The van der Waals surface area contributed by atoms with Crippen LogP contribution in [-0.4, -0.2) is 54.5 Å². The van der Waals surface area contributed by atoms with Gasteiger partial charge in [0.15, 0.2) is 9.84 Å². The van der Waals surface area contributed by atoms with Crippen molar-refractivity contribution in [3.8, 4) is 0 Å². The molecule has 0 rings (SSSR count). The smallest absolute Gasteiger partial charge is 0.326 e. The lowest BCUT2D eigenvalue weighted by atomic mass is 10.1. The summed E-state index contributed by atoms with van der Waals surface area (Å²) in [7, 11) is -3.60. The maximum Gasteiger partial charge on any atom is 0.326 e.